The van der Waals surface area contributed by atoms with Crippen LogP contribution in [0.15, 0.2) is 11.6 Å². The van der Waals surface area contributed by atoms with Gasteiger partial charge in [0.1, 0.15) is 0 Å². The van der Waals surface area contributed by atoms with Gasteiger partial charge in [0.15, 0.2) is 0 Å². The predicted molar refractivity (Wildman–Crippen MR) is 58.0 cm³/mol. The second kappa shape index (κ2) is 4.77. The van der Waals surface area contributed by atoms with E-state index in [1.807, 2.05) is 0 Å². The highest BCUT2D eigenvalue weighted by Crippen LogP contribution is 2.06. The van der Waals surface area contributed by atoms with Crippen molar-refractivity contribution in [1.82, 2.24) is 9.80 Å². The van der Waals surface area contributed by atoms with Crippen LogP contribution in [0.2, 0.25) is 0 Å². The van der Waals surface area contributed by atoms with Gasteiger partial charge in [-0.05, 0) is 27.8 Å². The van der Waals surface area contributed by atoms with E-state index in [0.29, 0.717) is 6.04 Å². The summed E-state index contributed by atoms with van der Waals surface area (Å²) in [7, 11) is 2.21. The summed E-state index contributed by atoms with van der Waals surface area (Å²) in [6.45, 7) is 11.4. The first kappa shape index (κ1) is 10.7. The average Bonchev–Trinajstić information content (AvgIpc) is 2.07. The highest BCUT2D eigenvalue weighted by Gasteiger charge is 2.19. The summed E-state index contributed by atoms with van der Waals surface area (Å²) >= 11 is 0. The molecule has 0 spiro atoms. The molecule has 0 aromatic heterocycles. The van der Waals surface area contributed by atoms with Crippen molar-refractivity contribution < 1.29 is 0 Å². The van der Waals surface area contributed by atoms with Crippen molar-refractivity contribution in [1.29, 1.82) is 0 Å². The lowest BCUT2D eigenvalue weighted by atomic mass is 10.2. The Balaban J connectivity index is 2.33. The van der Waals surface area contributed by atoms with Crippen molar-refractivity contribution in [3.63, 3.8) is 0 Å². The molecule has 0 saturated carbocycles. The third-order valence-electron chi connectivity index (χ3n) is 2.80. The summed E-state index contributed by atoms with van der Waals surface area (Å²) in [5.41, 5.74) is 1.42. The molecule has 1 saturated heterocycles. The molecule has 1 atom stereocenters. The van der Waals surface area contributed by atoms with E-state index in [4.69, 9.17) is 0 Å². The van der Waals surface area contributed by atoms with Gasteiger partial charge >= 0.3 is 0 Å². The summed E-state index contributed by atoms with van der Waals surface area (Å²) in [4.78, 5) is 4.96. The molecule has 13 heavy (non-hydrogen) atoms. The summed E-state index contributed by atoms with van der Waals surface area (Å²) in [5.74, 6) is 0. The van der Waals surface area contributed by atoms with Gasteiger partial charge in [-0.15, -0.1) is 0 Å². The molecule has 1 heterocycles. The first-order chi connectivity index (χ1) is 6.09. The lowest BCUT2D eigenvalue weighted by molar-refractivity contribution is 0.114. The van der Waals surface area contributed by atoms with Gasteiger partial charge in [0.2, 0.25) is 0 Å². The molecule has 0 bridgehead atoms. The molecule has 0 radical (unpaired) electrons. The number of likely N-dealkylation sites (N-methyl/N-ethyl adjacent to an activating group) is 1. The molecule has 1 aliphatic heterocycles. The van der Waals surface area contributed by atoms with Gasteiger partial charge in [-0.2, -0.15) is 0 Å². The highest BCUT2D eigenvalue weighted by molar-refractivity contribution is 4.95. The zero-order chi connectivity index (χ0) is 9.84. The Morgan fingerprint density at radius 2 is 2.08 bits per heavy atom. The maximum atomic E-state index is 2.53. The standard InChI is InChI=1S/C11H22N2/c1-10(2)5-6-13-8-7-12(4)11(3)9-13/h5,11H,6-9H2,1-4H3. The quantitative estimate of drug-likeness (QED) is 0.598. The van der Waals surface area contributed by atoms with Crippen molar-refractivity contribution in [2.45, 2.75) is 26.8 Å². The Morgan fingerprint density at radius 3 is 2.62 bits per heavy atom. The molecule has 2 heteroatoms. The van der Waals surface area contributed by atoms with Gasteiger partial charge < -0.3 is 4.90 Å². The second-order valence-corrected chi connectivity index (χ2v) is 4.37. The topological polar surface area (TPSA) is 6.48 Å². The van der Waals surface area contributed by atoms with E-state index in [-0.39, 0.29) is 0 Å². The van der Waals surface area contributed by atoms with E-state index in [9.17, 15) is 0 Å². The van der Waals surface area contributed by atoms with E-state index in [0.717, 1.165) is 6.54 Å². The predicted octanol–water partition coefficient (Wildman–Crippen LogP) is 1.59. The summed E-state index contributed by atoms with van der Waals surface area (Å²) < 4.78 is 0. The Bertz CT molecular complexity index is 183. The molecule has 1 rings (SSSR count). The van der Waals surface area contributed by atoms with E-state index in [1.54, 1.807) is 0 Å². The van der Waals surface area contributed by atoms with Crippen molar-refractivity contribution in [3.05, 3.63) is 11.6 Å². The van der Waals surface area contributed by atoms with Crippen LogP contribution in [0.3, 0.4) is 0 Å². The first-order valence-electron chi connectivity index (χ1n) is 5.15. The lowest BCUT2D eigenvalue weighted by Gasteiger charge is -2.37. The molecular weight excluding hydrogens is 160 g/mol. The zero-order valence-corrected chi connectivity index (χ0v) is 9.38. The summed E-state index contributed by atoms with van der Waals surface area (Å²) in [5, 5.41) is 0. The van der Waals surface area contributed by atoms with E-state index in [2.05, 4.69) is 43.7 Å². The average molecular weight is 182 g/mol. The highest BCUT2D eigenvalue weighted by atomic mass is 15.3. The van der Waals surface area contributed by atoms with Crippen LogP contribution in [0.1, 0.15) is 20.8 Å². The maximum Gasteiger partial charge on any atom is 0.0192 e. The van der Waals surface area contributed by atoms with Gasteiger partial charge in [0.05, 0.1) is 0 Å². The maximum absolute atomic E-state index is 2.53. The minimum Gasteiger partial charge on any atom is -0.301 e. The van der Waals surface area contributed by atoms with Crippen LogP contribution >= 0.6 is 0 Å². The van der Waals surface area contributed by atoms with Crippen LogP contribution in [0.25, 0.3) is 0 Å². The van der Waals surface area contributed by atoms with Gasteiger partial charge in [0.25, 0.3) is 0 Å². The Labute approximate surface area is 82.2 Å². The van der Waals surface area contributed by atoms with Crippen molar-refractivity contribution in [2.24, 2.45) is 0 Å². The molecule has 2 nitrogen and oxygen atoms in total. The Kier molecular flexibility index (Phi) is 3.94. The fourth-order valence-corrected chi connectivity index (χ4v) is 1.60. The molecule has 1 unspecified atom stereocenters. The minimum atomic E-state index is 0.708. The van der Waals surface area contributed by atoms with E-state index >= 15 is 0 Å². The molecule has 0 amide bonds. The third-order valence-corrected chi connectivity index (χ3v) is 2.80. The number of nitrogens with zero attached hydrogens (tertiary/aromatic N) is 2. The van der Waals surface area contributed by atoms with Crippen molar-refractivity contribution in [3.8, 4) is 0 Å². The number of rotatable bonds is 2. The van der Waals surface area contributed by atoms with Crippen LogP contribution < -0.4 is 0 Å². The van der Waals surface area contributed by atoms with Crippen LogP contribution in [0.5, 0.6) is 0 Å². The molecular formula is C11H22N2. The van der Waals surface area contributed by atoms with E-state index < -0.39 is 0 Å². The SMILES string of the molecule is CC(C)=CCN1CCN(C)C(C)C1. The van der Waals surface area contributed by atoms with Gasteiger partial charge in [-0.3, -0.25) is 4.90 Å². The third kappa shape index (κ3) is 3.49. The summed E-state index contributed by atoms with van der Waals surface area (Å²) in [6.07, 6.45) is 2.32. The molecule has 0 aliphatic carbocycles. The smallest absolute Gasteiger partial charge is 0.0192 e. The molecule has 0 aromatic carbocycles. The molecule has 0 N–H and O–H groups in total. The van der Waals surface area contributed by atoms with Crippen LogP contribution in [0.4, 0.5) is 0 Å². The monoisotopic (exact) mass is 182 g/mol. The van der Waals surface area contributed by atoms with Crippen molar-refractivity contribution in [2.75, 3.05) is 33.2 Å². The zero-order valence-electron chi connectivity index (χ0n) is 9.38. The first-order valence-corrected chi connectivity index (χ1v) is 5.15. The van der Waals surface area contributed by atoms with Gasteiger partial charge in [-0.1, -0.05) is 11.6 Å². The van der Waals surface area contributed by atoms with Crippen LogP contribution in [0, 0.1) is 0 Å². The van der Waals surface area contributed by atoms with Crippen molar-refractivity contribution >= 4 is 0 Å². The Morgan fingerprint density at radius 1 is 1.38 bits per heavy atom. The lowest BCUT2D eigenvalue weighted by Crippen LogP contribution is -2.49. The second-order valence-electron chi connectivity index (χ2n) is 4.37. The van der Waals surface area contributed by atoms with Crippen LogP contribution in [-0.4, -0.2) is 49.1 Å². The van der Waals surface area contributed by atoms with Gasteiger partial charge in [-0.25, -0.2) is 0 Å². The van der Waals surface area contributed by atoms with E-state index in [1.165, 1.54) is 25.2 Å². The molecule has 1 aliphatic rings. The van der Waals surface area contributed by atoms with Gasteiger partial charge in [0, 0.05) is 32.2 Å². The fourth-order valence-electron chi connectivity index (χ4n) is 1.60. The number of piperazine rings is 1. The summed E-state index contributed by atoms with van der Waals surface area (Å²) in [6, 6.07) is 0.708. The number of hydrogen-bond acceptors (Lipinski definition) is 2. The molecule has 76 valence electrons. The fraction of sp³-hybridized carbons (Fsp3) is 0.818. The van der Waals surface area contributed by atoms with Crippen LogP contribution in [-0.2, 0) is 0 Å². The number of hydrogen-bond donors (Lipinski definition) is 0. The molecule has 0 aromatic rings. The molecule has 1 fully saturated rings. The Hall–Kier alpha value is -0.340. The number of allylic oxidation sites excluding steroid dienone is 1. The normalized spacial score (nSPS) is 26.0. The largest absolute Gasteiger partial charge is 0.301 e. The minimum absolute atomic E-state index is 0.708.